The summed E-state index contributed by atoms with van der Waals surface area (Å²) in [5.74, 6) is 0. The van der Waals surface area contributed by atoms with Gasteiger partial charge in [0.05, 0.1) is 23.0 Å². The third-order valence-corrected chi connectivity index (χ3v) is 2.47. The van der Waals surface area contributed by atoms with Gasteiger partial charge in [-0.1, -0.05) is 12.1 Å². The minimum absolute atomic E-state index is 0.611. The smallest absolute Gasteiger partial charge is 0.0991 e. The number of nitrogens with two attached hydrogens (primary N) is 1. The van der Waals surface area contributed by atoms with Crippen LogP contribution in [-0.4, -0.2) is 4.98 Å². The predicted molar refractivity (Wildman–Crippen MR) is 63.5 cm³/mol. The topological polar surface area (TPSA) is 62.7 Å². The zero-order valence-corrected chi connectivity index (χ0v) is 8.94. The molecule has 2 aromatic rings. The van der Waals surface area contributed by atoms with Gasteiger partial charge in [-0.2, -0.15) is 5.26 Å². The summed E-state index contributed by atoms with van der Waals surface area (Å²) in [6.07, 6.45) is 1.72. The Kier molecular flexibility index (Phi) is 2.57. The van der Waals surface area contributed by atoms with E-state index in [9.17, 15) is 0 Å². The van der Waals surface area contributed by atoms with Crippen molar-refractivity contribution >= 4 is 5.69 Å². The number of pyridine rings is 1. The van der Waals surface area contributed by atoms with Gasteiger partial charge in [0, 0.05) is 11.8 Å². The van der Waals surface area contributed by atoms with Gasteiger partial charge in [-0.25, -0.2) is 0 Å². The molecule has 16 heavy (non-hydrogen) atoms. The van der Waals surface area contributed by atoms with Crippen molar-refractivity contribution in [3.8, 4) is 17.3 Å². The number of anilines is 1. The molecule has 0 aliphatic rings. The molecule has 1 aromatic carbocycles. The number of nitriles is 1. The molecule has 0 spiro atoms. The highest BCUT2D eigenvalue weighted by Gasteiger charge is 2.06. The van der Waals surface area contributed by atoms with E-state index < -0.39 is 0 Å². The molecule has 3 nitrogen and oxygen atoms in total. The normalized spacial score (nSPS) is 9.75. The van der Waals surface area contributed by atoms with Crippen molar-refractivity contribution in [3.63, 3.8) is 0 Å². The lowest BCUT2D eigenvalue weighted by atomic mass is 10.1. The van der Waals surface area contributed by atoms with Crippen LogP contribution in [0.5, 0.6) is 0 Å². The summed E-state index contributed by atoms with van der Waals surface area (Å²) in [7, 11) is 0. The van der Waals surface area contributed by atoms with Crippen LogP contribution in [0.1, 0.15) is 11.1 Å². The molecule has 1 heterocycles. The molecule has 0 bridgehead atoms. The highest BCUT2D eigenvalue weighted by molar-refractivity contribution is 5.75. The zero-order chi connectivity index (χ0) is 11.5. The molecular weight excluding hydrogens is 198 g/mol. The van der Waals surface area contributed by atoms with Crippen LogP contribution in [0.15, 0.2) is 36.5 Å². The van der Waals surface area contributed by atoms with E-state index in [4.69, 9.17) is 11.0 Å². The summed E-state index contributed by atoms with van der Waals surface area (Å²) in [5, 5.41) is 8.83. The van der Waals surface area contributed by atoms with Gasteiger partial charge < -0.3 is 5.73 Å². The van der Waals surface area contributed by atoms with E-state index in [-0.39, 0.29) is 0 Å². The second-order valence-corrected chi connectivity index (χ2v) is 3.58. The molecule has 2 rings (SSSR count). The zero-order valence-electron chi connectivity index (χ0n) is 8.94. The number of benzene rings is 1. The Hall–Kier alpha value is -2.34. The first-order valence-corrected chi connectivity index (χ1v) is 4.94. The summed E-state index contributed by atoms with van der Waals surface area (Å²) in [4.78, 5) is 4.25. The number of hydrogen-bond acceptors (Lipinski definition) is 3. The number of aryl methyl sites for hydroxylation is 1. The Morgan fingerprint density at radius 3 is 2.88 bits per heavy atom. The first-order chi connectivity index (χ1) is 7.72. The maximum atomic E-state index is 8.83. The van der Waals surface area contributed by atoms with Crippen molar-refractivity contribution in [2.24, 2.45) is 0 Å². The Morgan fingerprint density at radius 2 is 2.12 bits per heavy atom. The van der Waals surface area contributed by atoms with Gasteiger partial charge in [0.2, 0.25) is 0 Å². The van der Waals surface area contributed by atoms with E-state index >= 15 is 0 Å². The minimum Gasteiger partial charge on any atom is -0.397 e. The average Bonchev–Trinajstić information content (AvgIpc) is 2.33. The van der Waals surface area contributed by atoms with Crippen LogP contribution in [0, 0.1) is 18.3 Å². The summed E-state index contributed by atoms with van der Waals surface area (Å²) >= 11 is 0. The van der Waals surface area contributed by atoms with Gasteiger partial charge >= 0.3 is 0 Å². The fourth-order valence-corrected chi connectivity index (χ4v) is 1.54. The minimum atomic E-state index is 0.611. The average molecular weight is 209 g/mol. The van der Waals surface area contributed by atoms with Gasteiger partial charge in [0.1, 0.15) is 0 Å². The van der Waals surface area contributed by atoms with Crippen LogP contribution in [0.2, 0.25) is 0 Å². The van der Waals surface area contributed by atoms with Crippen molar-refractivity contribution < 1.29 is 0 Å². The van der Waals surface area contributed by atoms with Gasteiger partial charge in [-0.05, 0) is 30.7 Å². The summed E-state index contributed by atoms with van der Waals surface area (Å²) < 4.78 is 0. The standard InChI is InChI=1S/C13H11N3/c1-9-5-6-16-13(12(9)15)11-4-2-3-10(7-11)8-14/h2-7H,15H2,1H3. The Balaban J connectivity index is 2.59. The molecule has 0 saturated heterocycles. The van der Waals surface area contributed by atoms with Gasteiger partial charge in [-0.3, -0.25) is 4.98 Å². The largest absolute Gasteiger partial charge is 0.397 e. The number of nitrogens with zero attached hydrogens (tertiary/aromatic N) is 2. The fraction of sp³-hybridized carbons (Fsp3) is 0.0769. The molecule has 1 aromatic heterocycles. The van der Waals surface area contributed by atoms with Gasteiger partial charge in [-0.15, -0.1) is 0 Å². The molecule has 0 radical (unpaired) electrons. The molecule has 0 saturated carbocycles. The van der Waals surface area contributed by atoms with Crippen molar-refractivity contribution in [1.29, 1.82) is 5.26 Å². The van der Waals surface area contributed by atoms with Crippen LogP contribution in [0.4, 0.5) is 5.69 Å². The van der Waals surface area contributed by atoms with Crippen molar-refractivity contribution in [2.75, 3.05) is 5.73 Å². The molecule has 2 N–H and O–H groups in total. The number of nitrogen functional groups attached to an aromatic ring is 1. The van der Waals surface area contributed by atoms with Crippen LogP contribution in [0.3, 0.4) is 0 Å². The van der Waals surface area contributed by atoms with Crippen LogP contribution in [-0.2, 0) is 0 Å². The molecule has 78 valence electrons. The van der Waals surface area contributed by atoms with E-state index in [1.54, 1.807) is 18.3 Å². The maximum absolute atomic E-state index is 8.83. The second-order valence-electron chi connectivity index (χ2n) is 3.58. The van der Waals surface area contributed by atoms with E-state index in [0.717, 1.165) is 16.8 Å². The van der Waals surface area contributed by atoms with E-state index in [0.29, 0.717) is 11.3 Å². The third kappa shape index (κ3) is 1.73. The highest BCUT2D eigenvalue weighted by Crippen LogP contribution is 2.26. The quantitative estimate of drug-likeness (QED) is 0.784. The fourth-order valence-electron chi connectivity index (χ4n) is 1.54. The van der Waals surface area contributed by atoms with Crippen LogP contribution < -0.4 is 5.73 Å². The SMILES string of the molecule is Cc1ccnc(-c2cccc(C#N)c2)c1N. The molecule has 0 amide bonds. The van der Waals surface area contributed by atoms with Crippen molar-refractivity contribution in [3.05, 3.63) is 47.7 Å². The summed E-state index contributed by atoms with van der Waals surface area (Å²) in [6, 6.07) is 11.3. The maximum Gasteiger partial charge on any atom is 0.0991 e. The van der Waals surface area contributed by atoms with E-state index in [1.807, 2.05) is 25.1 Å². The lowest BCUT2D eigenvalue weighted by Gasteiger charge is -2.07. The van der Waals surface area contributed by atoms with Crippen molar-refractivity contribution in [1.82, 2.24) is 4.98 Å². The number of aromatic nitrogens is 1. The van der Waals surface area contributed by atoms with Crippen LogP contribution in [0.25, 0.3) is 11.3 Å². The van der Waals surface area contributed by atoms with Gasteiger partial charge in [0.15, 0.2) is 0 Å². The second kappa shape index (κ2) is 4.03. The molecule has 3 heteroatoms. The van der Waals surface area contributed by atoms with E-state index in [2.05, 4.69) is 11.1 Å². The summed E-state index contributed by atoms with van der Waals surface area (Å²) in [5.41, 5.74) is 9.84. The first-order valence-electron chi connectivity index (χ1n) is 4.94. The third-order valence-electron chi connectivity index (χ3n) is 2.47. The van der Waals surface area contributed by atoms with Gasteiger partial charge in [0.25, 0.3) is 0 Å². The number of hydrogen-bond donors (Lipinski definition) is 1. The van der Waals surface area contributed by atoms with E-state index in [1.165, 1.54) is 0 Å². The monoisotopic (exact) mass is 209 g/mol. The lowest BCUT2D eigenvalue weighted by Crippen LogP contribution is -1.96. The first kappa shape index (κ1) is 10.2. The molecular formula is C13H11N3. The Bertz CT molecular complexity index is 568. The Labute approximate surface area is 94.2 Å². The molecule has 0 aliphatic carbocycles. The predicted octanol–water partition coefficient (Wildman–Crippen LogP) is 2.51. The highest BCUT2D eigenvalue weighted by atomic mass is 14.7. The Morgan fingerprint density at radius 1 is 1.31 bits per heavy atom. The molecule has 0 unspecified atom stereocenters. The number of rotatable bonds is 1. The van der Waals surface area contributed by atoms with Crippen molar-refractivity contribution in [2.45, 2.75) is 6.92 Å². The molecule has 0 atom stereocenters. The molecule has 0 aliphatic heterocycles. The summed E-state index contributed by atoms with van der Waals surface area (Å²) in [6.45, 7) is 1.94. The van der Waals surface area contributed by atoms with Crippen LogP contribution >= 0.6 is 0 Å². The lowest BCUT2D eigenvalue weighted by molar-refractivity contribution is 1.29. The molecule has 0 fully saturated rings.